The number of fused-ring (bicyclic) bond motifs is 1. The second-order valence-electron chi connectivity index (χ2n) is 6.88. The molecule has 0 saturated heterocycles. The second kappa shape index (κ2) is 9.65. The molecule has 154 valence electrons. The number of amides is 2. The summed E-state index contributed by atoms with van der Waals surface area (Å²) < 4.78 is 1.87. The highest BCUT2D eigenvalue weighted by atomic mass is 16.2. The first-order chi connectivity index (χ1) is 14.5. The Bertz CT molecular complexity index is 1050. The van der Waals surface area contributed by atoms with Gasteiger partial charge in [-0.2, -0.15) is 0 Å². The molecule has 0 radical (unpaired) electrons. The Hall–Kier alpha value is -3.74. The van der Waals surface area contributed by atoms with Crippen molar-refractivity contribution in [1.82, 2.24) is 24.3 Å². The number of carbonyl (C=O) groups is 2. The minimum Gasteiger partial charge on any atom is -0.334 e. The third-order valence-electron chi connectivity index (χ3n) is 4.73. The third-order valence-corrected chi connectivity index (χ3v) is 4.73. The van der Waals surface area contributed by atoms with Gasteiger partial charge in [0, 0.05) is 38.1 Å². The quantitative estimate of drug-likeness (QED) is 0.515. The number of pyridine rings is 1. The van der Waals surface area contributed by atoms with Crippen LogP contribution >= 0.6 is 0 Å². The van der Waals surface area contributed by atoms with Crippen LogP contribution in [0.25, 0.3) is 11.0 Å². The molecule has 7 nitrogen and oxygen atoms in total. The van der Waals surface area contributed by atoms with E-state index in [4.69, 9.17) is 0 Å². The summed E-state index contributed by atoms with van der Waals surface area (Å²) in [5.74, 6) is 0.441. The first-order valence-electron chi connectivity index (χ1n) is 9.64. The Morgan fingerprint density at radius 1 is 1.07 bits per heavy atom. The predicted molar refractivity (Wildman–Crippen MR) is 117 cm³/mol. The maximum Gasteiger partial charge on any atom is 0.254 e. The van der Waals surface area contributed by atoms with Gasteiger partial charge in [0.25, 0.3) is 5.91 Å². The van der Waals surface area contributed by atoms with Crippen LogP contribution in [0.1, 0.15) is 16.2 Å². The Balaban J connectivity index is 1.89. The largest absolute Gasteiger partial charge is 0.334 e. The fraction of sp³-hybridized carbons (Fsp3) is 0.217. The number of para-hydroxylation sites is 2. The maximum atomic E-state index is 12.9. The summed E-state index contributed by atoms with van der Waals surface area (Å²) in [6, 6.07) is 11.0. The van der Waals surface area contributed by atoms with E-state index >= 15 is 0 Å². The molecule has 2 heterocycles. The summed E-state index contributed by atoms with van der Waals surface area (Å²) >= 11 is 0. The molecule has 0 spiro atoms. The van der Waals surface area contributed by atoms with Crippen LogP contribution in [-0.2, 0) is 17.9 Å². The van der Waals surface area contributed by atoms with Crippen LogP contribution < -0.4 is 0 Å². The van der Waals surface area contributed by atoms with E-state index in [1.54, 1.807) is 53.5 Å². The van der Waals surface area contributed by atoms with Gasteiger partial charge in [0.05, 0.1) is 17.6 Å². The molecule has 1 aromatic carbocycles. The Kier molecular flexibility index (Phi) is 6.75. The zero-order chi connectivity index (χ0) is 21.5. The van der Waals surface area contributed by atoms with Gasteiger partial charge in [-0.15, -0.1) is 13.2 Å². The molecule has 7 heteroatoms. The number of hydrogen-bond acceptors (Lipinski definition) is 4. The Morgan fingerprint density at radius 3 is 2.40 bits per heavy atom. The van der Waals surface area contributed by atoms with Gasteiger partial charge in [-0.05, 0) is 24.3 Å². The van der Waals surface area contributed by atoms with E-state index in [0.717, 1.165) is 11.0 Å². The van der Waals surface area contributed by atoms with Crippen LogP contribution in [0.3, 0.4) is 0 Å². The molecular weight excluding hydrogens is 378 g/mol. The lowest BCUT2D eigenvalue weighted by atomic mass is 10.2. The molecule has 0 saturated carbocycles. The average molecular weight is 403 g/mol. The first kappa shape index (κ1) is 21.0. The second-order valence-corrected chi connectivity index (χ2v) is 6.88. The number of carbonyl (C=O) groups excluding carboxylic acids is 2. The van der Waals surface area contributed by atoms with Crippen molar-refractivity contribution in [2.24, 2.45) is 0 Å². The lowest BCUT2D eigenvalue weighted by Crippen LogP contribution is -2.35. The molecule has 30 heavy (non-hydrogen) atoms. The number of aromatic nitrogens is 3. The lowest BCUT2D eigenvalue weighted by Gasteiger charge is -2.22. The zero-order valence-electron chi connectivity index (χ0n) is 17.1. The fourth-order valence-corrected chi connectivity index (χ4v) is 3.25. The summed E-state index contributed by atoms with van der Waals surface area (Å²) in [6.07, 6.45) is 6.55. The summed E-state index contributed by atoms with van der Waals surface area (Å²) in [5.41, 5.74) is 2.18. The van der Waals surface area contributed by atoms with Gasteiger partial charge < -0.3 is 14.4 Å². The van der Waals surface area contributed by atoms with Crippen molar-refractivity contribution in [2.75, 3.05) is 20.1 Å². The molecule has 2 amide bonds. The van der Waals surface area contributed by atoms with Crippen LogP contribution in [-0.4, -0.2) is 56.3 Å². The highest BCUT2D eigenvalue weighted by molar-refractivity contribution is 5.93. The standard InChI is InChI=1S/C23H25N5O2/c1-4-14-27(15-5-2)22(29)17-28-20-9-7-6-8-19(20)25-21(28)16-26(3)23(30)18-10-12-24-13-11-18/h4-13H,1-2,14-17H2,3H3. The molecular formula is C23H25N5O2. The molecule has 0 bridgehead atoms. The van der Waals surface area contributed by atoms with Gasteiger partial charge >= 0.3 is 0 Å². The predicted octanol–water partition coefficient (Wildman–Crippen LogP) is 2.90. The average Bonchev–Trinajstić information content (AvgIpc) is 3.10. The first-order valence-corrected chi connectivity index (χ1v) is 9.64. The summed E-state index contributed by atoms with van der Waals surface area (Å²) in [7, 11) is 1.72. The van der Waals surface area contributed by atoms with Crippen LogP contribution in [0.5, 0.6) is 0 Å². The third kappa shape index (κ3) is 4.63. The van der Waals surface area contributed by atoms with Gasteiger partial charge in [-0.25, -0.2) is 4.98 Å². The van der Waals surface area contributed by atoms with Crippen molar-refractivity contribution in [3.8, 4) is 0 Å². The van der Waals surface area contributed by atoms with E-state index in [2.05, 4.69) is 23.1 Å². The SMILES string of the molecule is C=CCN(CC=C)C(=O)Cn1c(CN(C)C(=O)c2ccncc2)nc2ccccc21. The zero-order valence-corrected chi connectivity index (χ0v) is 17.1. The van der Waals surface area contributed by atoms with Gasteiger partial charge in [-0.1, -0.05) is 24.3 Å². The molecule has 0 unspecified atom stereocenters. The minimum atomic E-state index is -0.137. The van der Waals surface area contributed by atoms with E-state index in [1.807, 2.05) is 28.8 Å². The van der Waals surface area contributed by atoms with E-state index in [1.165, 1.54) is 0 Å². The van der Waals surface area contributed by atoms with Crippen molar-refractivity contribution in [1.29, 1.82) is 0 Å². The minimum absolute atomic E-state index is 0.0673. The Morgan fingerprint density at radius 2 is 1.73 bits per heavy atom. The highest BCUT2D eigenvalue weighted by Gasteiger charge is 2.20. The van der Waals surface area contributed by atoms with Crippen molar-refractivity contribution in [3.05, 3.63) is 85.5 Å². The van der Waals surface area contributed by atoms with E-state index in [9.17, 15) is 9.59 Å². The fourth-order valence-electron chi connectivity index (χ4n) is 3.25. The van der Waals surface area contributed by atoms with E-state index in [0.29, 0.717) is 24.5 Å². The molecule has 0 atom stereocenters. The monoisotopic (exact) mass is 403 g/mol. The Labute approximate surface area is 176 Å². The normalized spacial score (nSPS) is 10.6. The number of hydrogen-bond donors (Lipinski definition) is 0. The van der Waals surface area contributed by atoms with Gasteiger partial charge in [0.1, 0.15) is 12.4 Å². The van der Waals surface area contributed by atoms with E-state index < -0.39 is 0 Å². The van der Waals surface area contributed by atoms with Crippen LogP contribution in [0.15, 0.2) is 74.1 Å². The van der Waals surface area contributed by atoms with Crippen molar-refractivity contribution >= 4 is 22.8 Å². The molecule has 0 aliphatic rings. The summed E-state index contributed by atoms with van der Waals surface area (Å²) in [5, 5.41) is 0. The highest BCUT2D eigenvalue weighted by Crippen LogP contribution is 2.18. The summed E-state index contributed by atoms with van der Waals surface area (Å²) in [6.45, 7) is 8.71. The van der Waals surface area contributed by atoms with Gasteiger partial charge in [0.2, 0.25) is 5.91 Å². The van der Waals surface area contributed by atoms with Crippen molar-refractivity contribution < 1.29 is 9.59 Å². The number of benzene rings is 1. The molecule has 0 fully saturated rings. The van der Waals surface area contributed by atoms with Crippen LogP contribution in [0.2, 0.25) is 0 Å². The summed E-state index contributed by atoms with van der Waals surface area (Å²) in [4.78, 5) is 37.5. The number of imidazole rings is 1. The van der Waals surface area contributed by atoms with Gasteiger partial charge in [0.15, 0.2) is 0 Å². The maximum absolute atomic E-state index is 12.9. The van der Waals surface area contributed by atoms with Crippen LogP contribution in [0, 0.1) is 0 Å². The molecule has 0 aliphatic heterocycles. The smallest absolute Gasteiger partial charge is 0.254 e. The topological polar surface area (TPSA) is 71.3 Å². The lowest BCUT2D eigenvalue weighted by molar-refractivity contribution is -0.130. The molecule has 0 aliphatic carbocycles. The van der Waals surface area contributed by atoms with Crippen molar-refractivity contribution in [3.63, 3.8) is 0 Å². The van der Waals surface area contributed by atoms with E-state index in [-0.39, 0.29) is 24.9 Å². The molecule has 3 rings (SSSR count). The molecule has 2 aromatic heterocycles. The van der Waals surface area contributed by atoms with Crippen LogP contribution in [0.4, 0.5) is 0 Å². The molecule has 3 aromatic rings. The molecule has 0 N–H and O–H groups in total. The number of nitrogens with zero attached hydrogens (tertiary/aromatic N) is 5. The van der Waals surface area contributed by atoms with Crippen molar-refractivity contribution in [2.45, 2.75) is 13.1 Å². The van der Waals surface area contributed by atoms with Gasteiger partial charge in [-0.3, -0.25) is 14.6 Å². The number of rotatable bonds is 9.